The monoisotopic (exact) mass is 666 g/mol. The Hall–Kier alpha value is -3.94. The molecular weight excluding hydrogens is 631 g/mol. The molecule has 0 radical (unpaired) electrons. The van der Waals surface area contributed by atoms with Gasteiger partial charge in [0.2, 0.25) is 0 Å². The zero-order valence-electron chi connectivity index (χ0n) is 25.2. The first-order valence-electron chi connectivity index (χ1n) is 15.4. The fourth-order valence-electron chi connectivity index (χ4n) is 8.01. The predicted molar refractivity (Wildman–Crippen MR) is 172 cm³/mol. The van der Waals surface area contributed by atoms with Crippen LogP contribution in [0.1, 0.15) is 33.8 Å². The van der Waals surface area contributed by atoms with Crippen molar-refractivity contribution in [2.45, 2.75) is 47.8 Å². The van der Waals surface area contributed by atoms with E-state index in [-0.39, 0.29) is 56.6 Å². The molecule has 7 nitrogen and oxygen atoms in total. The summed E-state index contributed by atoms with van der Waals surface area (Å²) in [6.45, 7) is 0. The Kier molecular flexibility index (Phi) is 7.06. The number of fused-ring (bicyclic) bond motifs is 4. The summed E-state index contributed by atoms with van der Waals surface area (Å²) < 4.78 is 12.2. The number of amides is 1. The molecule has 8 heteroatoms. The normalized spacial score (nSPS) is 28.4. The van der Waals surface area contributed by atoms with Crippen molar-refractivity contribution in [3.8, 4) is 11.5 Å². The topological polar surface area (TPSA) is 68.3 Å². The summed E-state index contributed by atoms with van der Waals surface area (Å²) in [5.74, 6) is 1.15. The molecule has 0 N–H and O–H groups in total. The number of aryl methyl sites for hydroxylation is 1. The van der Waals surface area contributed by atoms with Crippen molar-refractivity contribution in [1.82, 2.24) is 5.06 Å². The van der Waals surface area contributed by atoms with E-state index in [0.29, 0.717) is 6.42 Å². The van der Waals surface area contributed by atoms with Crippen molar-refractivity contribution in [2.24, 2.45) is 5.92 Å². The molecule has 228 valence electrons. The zero-order chi connectivity index (χ0) is 30.7. The van der Waals surface area contributed by atoms with Gasteiger partial charge >= 0.3 is 270 Å². The van der Waals surface area contributed by atoms with E-state index in [2.05, 4.69) is 47.5 Å². The molecule has 45 heavy (non-hydrogen) atoms. The fraction of sp³-hybridized carbons (Fsp3) is 0.297. The Bertz CT molecular complexity index is 1750. The molecule has 0 bridgehead atoms. The number of methoxy groups -OCH3 is 2. The number of carbonyl (C=O) groups is 2. The Morgan fingerprint density at radius 3 is 2.20 bits per heavy atom. The van der Waals surface area contributed by atoms with E-state index < -0.39 is 5.60 Å². The van der Waals surface area contributed by atoms with Crippen LogP contribution < -0.4 is 18.8 Å². The summed E-state index contributed by atoms with van der Waals surface area (Å²) >= 11 is 0.129. The Labute approximate surface area is 269 Å². The molecule has 3 aliphatic heterocycles. The number of Topliss-reactive ketones (excluding diaryl/α,β-unsaturated/α-hetero) is 1. The van der Waals surface area contributed by atoms with Gasteiger partial charge in [-0.2, -0.15) is 0 Å². The van der Waals surface area contributed by atoms with Crippen molar-refractivity contribution in [1.29, 1.82) is 0 Å². The molecule has 3 fully saturated rings. The molecule has 3 saturated heterocycles. The molecule has 4 aliphatic rings. The van der Waals surface area contributed by atoms with Gasteiger partial charge in [-0.3, -0.25) is 0 Å². The average molecular weight is 666 g/mol. The second-order valence-electron chi connectivity index (χ2n) is 12.2. The van der Waals surface area contributed by atoms with Crippen LogP contribution in [0.5, 0.6) is 11.5 Å². The first kappa shape index (κ1) is 28.5. The van der Waals surface area contributed by atoms with Gasteiger partial charge < -0.3 is 0 Å². The maximum absolute atomic E-state index is 14.7. The summed E-state index contributed by atoms with van der Waals surface area (Å²) in [5, 5.41) is 2.91. The minimum atomic E-state index is -1.07. The fourth-order valence-corrected chi connectivity index (χ4v) is 10.3. The first-order valence-corrected chi connectivity index (χ1v) is 17.5. The van der Waals surface area contributed by atoms with Gasteiger partial charge in [-0.25, -0.2) is 0 Å². The van der Waals surface area contributed by atoms with Crippen LogP contribution in [-0.4, -0.2) is 69.7 Å². The van der Waals surface area contributed by atoms with Crippen molar-refractivity contribution < 1.29 is 23.9 Å². The quantitative estimate of drug-likeness (QED) is 0.208. The number of hydroxylamine groups is 2. The van der Waals surface area contributed by atoms with E-state index in [4.69, 9.17) is 14.3 Å². The number of nitrogens with zero attached hydrogens (tertiary/aromatic N) is 2. The van der Waals surface area contributed by atoms with Gasteiger partial charge in [-0.15, -0.1) is 0 Å². The molecule has 3 heterocycles. The molecule has 1 amide bonds. The van der Waals surface area contributed by atoms with Crippen LogP contribution in [-0.2, 0) is 16.1 Å². The molecule has 0 saturated carbocycles. The number of ether oxygens (including phenoxy) is 2. The van der Waals surface area contributed by atoms with Gasteiger partial charge in [0.25, 0.3) is 0 Å². The first-order chi connectivity index (χ1) is 22.0. The van der Waals surface area contributed by atoms with Crippen molar-refractivity contribution in [3.05, 3.63) is 120 Å². The van der Waals surface area contributed by atoms with E-state index in [1.54, 1.807) is 14.2 Å². The minimum absolute atomic E-state index is 0.0325. The summed E-state index contributed by atoms with van der Waals surface area (Å²) in [7, 11) is 3.30. The van der Waals surface area contributed by atoms with Crippen molar-refractivity contribution in [2.75, 3.05) is 19.1 Å². The van der Waals surface area contributed by atoms with Crippen LogP contribution >= 0.6 is 0 Å². The summed E-state index contributed by atoms with van der Waals surface area (Å²) in [6.07, 6.45) is 1.33. The zero-order valence-corrected chi connectivity index (χ0v) is 26.9. The van der Waals surface area contributed by atoms with Crippen molar-refractivity contribution in [3.63, 3.8) is 0 Å². The summed E-state index contributed by atoms with van der Waals surface area (Å²) in [5.41, 5.74) is 2.60. The van der Waals surface area contributed by atoms with Crippen LogP contribution in [0.3, 0.4) is 0 Å². The van der Waals surface area contributed by atoms with Crippen LogP contribution in [0.4, 0.5) is 5.69 Å². The van der Waals surface area contributed by atoms with Gasteiger partial charge in [0, 0.05) is 0 Å². The third-order valence-corrected chi connectivity index (χ3v) is 12.4. The van der Waals surface area contributed by atoms with E-state index in [1.807, 2.05) is 65.6 Å². The number of benzene rings is 4. The SMILES string of the molecule is COc1ccc([C@H]2[C@@H]3[C@H]4[C@H](C(=O)N4c4ccc(OC)cc4)[C@@H](C[Se]c4ccccc4)N3O[C@@]23CCc2ccccc2C3=O)cc1. The van der Waals surface area contributed by atoms with Crippen LogP contribution in [0.2, 0.25) is 5.32 Å². The van der Waals surface area contributed by atoms with Crippen molar-refractivity contribution >= 4 is 36.8 Å². The number of ketones is 1. The molecule has 4 aromatic carbocycles. The van der Waals surface area contributed by atoms with E-state index in [1.165, 1.54) is 4.46 Å². The third kappa shape index (κ3) is 4.38. The molecule has 1 aliphatic carbocycles. The Morgan fingerprint density at radius 1 is 0.822 bits per heavy atom. The Morgan fingerprint density at radius 2 is 1.49 bits per heavy atom. The number of rotatable bonds is 7. The van der Waals surface area contributed by atoms with E-state index in [9.17, 15) is 9.59 Å². The molecule has 8 rings (SSSR count). The number of anilines is 1. The van der Waals surface area contributed by atoms with Crippen LogP contribution in [0, 0.1) is 5.92 Å². The molecule has 0 unspecified atom stereocenters. The second kappa shape index (κ2) is 11.1. The summed E-state index contributed by atoms with van der Waals surface area (Å²) in [6, 6.07) is 33.7. The maximum atomic E-state index is 14.7. The molecular formula is C37H34N2O5Se. The Balaban J connectivity index is 1.25. The molecule has 1 spiro atoms. The van der Waals surface area contributed by atoms with E-state index in [0.717, 1.165) is 45.6 Å². The van der Waals surface area contributed by atoms with Gasteiger partial charge in [0.1, 0.15) is 0 Å². The number of hydrogen-bond acceptors (Lipinski definition) is 6. The third-order valence-electron chi connectivity index (χ3n) is 10.1. The van der Waals surface area contributed by atoms with Gasteiger partial charge in [-0.05, 0) is 0 Å². The molecule has 4 aromatic rings. The predicted octanol–water partition coefficient (Wildman–Crippen LogP) is 4.83. The molecule has 0 aromatic heterocycles. The average Bonchev–Trinajstić information content (AvgIpc) is 3.55. The summed E-state index contributed by atoms with van der Waals surface area (Å²) in [4.78, 5) is 37.9. The van der Waals surface area contributed by atoms with Gasteiger partial charge in [-0.1, -0.05) is 0 Å². The van der Waals surface area contributed by atoms with Crippen LogP contribution in [0.25, 0.3) is 0 Å². The standard InChI is InChI=1S/C37H34N2O5Se/c1-42-26-16-12-24(13-17-26)32-34-33-31(36(41)38(33)25-14-18-27(43-2)19-15-25)30(22-45-28-9-4-3-5-10-28)39(34)44-37(32)21-20-23-8-6-7-11-29(23)35(37)40/h3-19,30-34H,20-22H2,1-2H3/t30-,31-,32+,33-,34-,37+/m1/s1. The van der Waals surface area contributed by atoms with Crippen LogP contribution in [0.15, 0.2) is 103 Å². The number of β-lactam (4-membered cyclic amide) rings is 1. The second-order valence-corrected chi connectivity index (χ2v) is 14.5. The van der Waals surface area contributed by atoms with Gasteiger partial charge in [0.05, 0.1) is 0 Å². The number of carbonyl (C=O) groups excluding carboxylic acids is 2. The van der Waals surface area contributed by atoms with Gasteiger partial charge in [0.15, 0.2) is 0 Å². The number of hydrogen-bond donors (Lipinski definition) is 0. The molecule has 6 atom stereocenters. The van der Waals surface area contributed by atoms with E-state index >= 15 is 0 Å².